The highest BCUT2D eigenvalue weighted by atomic mass is 35.5. The van der Waals surface area contributed by atoms with E-state index in [4.69, 9.17) is 16.3 Å². The van der Waals surface area contributed by atoms with Gasteiger partial charge in [-0.05, 0) is 42.0 Å². The van der Waals surface area contributed by atoms with E-state index in [0.29, 0.717) is 38.5 Å². The third kappa shape index (κ3) is 3.39. The number of aryl methyl sites for hydroxylation is 1. The van der Waals surface area contributed by atoms with E-state index >= 15 is 0 Å². The molecule has 1 heterocycles. The van der Waals surface area contributed by atoms with Gasteiger partial charge in [-0.2, -0.15) is 13.2 Å². The molecule has 0 aliphatic heterocycles. The Morgan fingerprint density at radius 3 is 2.62 bits per heavy atom. The summed E-state index contributed by atoms with van der Waals surface area (Å²) in [5.74, 6) is 0.338. The highest BCUT2D eigenvalue weighted by Gasteiger charge is 2.64. The fraction of sp³-hybridized carbons (Fsp3) is 0.375. The van der Waals surface area contributed by atoms with Gasteiger partial charge in [-0.1, -0.05) is 43.6 Å². The molecule has 170 valence electrons. The van der Waals surface area contributed by atoms with Gasteiger partial charge in [0.1, 0.15) is 5.75 Å². The maximum Gasteiger partial charge on any atom is 0.419 e. The van der Waals surface area contributed by atoms with Crippen LogP contribution in [0, 0.1) is 6.92 Å². The lowest BCUT2D eigenvalue weighted by molar-refractivity contribution is -0.275. The van der Waals surface area contributed by atoms with E-state index in [1.54, 1.807) is 57.4 Å². The zero-order valence-corrected chi connectivity index (χ0v) is 18.9. The van der Waals surface area contributed by atoms with Crippen molar-refractivity contribution in [2.24, 2.45) is 0 Å². The van der Waals surface area contributed by atoms with Crippen LogP contribution in [0.5, 0.6) is 5.75 Å². The van der Waals surface area contributed by atoms with Gasteiger partial charge in [0.05, 0.1) is 18.2 Å². The van der Waals surface area contributed by atoms with Crippen molar-refractivity contribution in [2.75, 3.05) is 12.4 Å². The van der Waals surface area contributed by atoms with Crippen LogP contribution < -0.4 is 10.1 Å². The minimum Gasteiger partial charge on any atom is -0.495 e. The first kappa shape index (κ1) is 22.7. The predicted molar refractivity (Wildman–Crippen MR) is 119 cm³/mol. The Bertz CT molecular complexity index is 1190. The number of pyridine rings is 1. The van der Waals surface area contributed by atoms with Gasteiger partial charge >= 0.3 is 6.18 Å². The van der Waals surface area contributed by atoms with Crippen LogP contribution in [0.25, 0.3) is 10.8 Å². The topological polar surface area (TPSA) is 54.4 Å². The second-order valence-corrected chi connectivity index (χ2v) is 9.35. The summed E-state index contributed by atoms with van der Waals surface area (Å²) in [5.41, 5.74) is -2.17. The molecule has 32 heavy (non-hydrogen) atoms. The standard InChI is InChI=1S/C24H24ClF3N2O2/c1-13-10-16-18(20(32-4)19(13)25)22(2,3)12-23(31,24(26,27)28)21(16)30-17-7-5-6-14-11-29-9-8-15(14)17/h5-11,21,30-31H,12H2,1-4H3. The number of nitrogens with one attached hydrogen (secondary N) is 1. The normalized spacial score (nSPS) is 22.5. The minimum absolute atomic E-state index is 0.311. The van der Waals surface area contributed by atoms with Gasteiger partial charge in [-0.25, -0.2) is 0 Å². The van der Waals surface area contributed by atoms with Crippen LogP contribution in [0.4, 0.5) is 18.9 Å². The summed E-state index contributed by atoms with van der Waals surface area (Å²) < 4.78 is 48.9. The number of halogens is 4. The molecular weight excluding hydrogens is 441 g/mol. The molecule has 4 nitrogen and oxygen atoms in total. The number of aliphatic hydroxyl groups is 1. The number of hydrogen-bond acceptors (Lipinski definition) is 4. The van der Waals surface area contributed by atoms with Gasteiger partial charge in [0, 0.05) is 34.4 Å². The molecule has 4 rings (SSSR count). The first-order chi connectivity index (χ1) is 14.9. The molecule has 0 fully saturated rings. The third-order valence-corrected chi connectivity index (χ3v) is 6.76. The summed E-state index contributed by atoms with van der Waals surface area (Å²) >= 11 is 6.47. The van der Waals surface area contributed by atoms with E-state index in [9.17, 15) is 18.3 Å². The average molecular weight is 465 g/mol. The molecule has 2 unspecified atom stereocenters. The number of aromatic nitrogens is 1. The molecule has 0 spiro atoms. The molecule has 2 N–H and O–H groups in total. The van der Waals surface area contributed by atoms with Crippen molar-refractivity contribution in [1.29, 1.82) is 0 Å². The summed E-state index contributed by atoms with van der Waals surface area (Å²) in [6, 6.07) is 7.12. The van der Waals surface area contributed by atoms with Crippen molar-refractivity contribution < 1.29 is 23.0 Å². The number of methoxy groups -OCH3 is 1. The van der Waals surface area contributed by atoms with Gasteiger partial charge in [0.2, 0.25) is 0 Å². The van der Waals surface area contributed by atoms with Crippen LogP contribution in [0.1, 0.15) is 43.0 Å². The fourth-order valence-electron chi connectivity index (χ4n) is 4.89. The van der Waals surface area contributed by atoms with Crippen LogP contribution in [-0.4, -0.2) is 29.0 Å². The van der Waals surface area contributed by atoms with Gasteiger partial charge in [0.25, 0.3) is 0 Å². The lowest BCUT2D eigenvalue weighted by Gasteiger charge is -2.49. The highest BCUT2D eigenvalue weighted by molar-refractivity contribution is 6.33. The Labute approximate surface area is 189 Å². The van der Waals surface area contributed by atoms with Crippen molar-refractivity contribution in [2.45, 2.75) is 50.4 Å². The molecule has 0 saturated heterocycles. The fourth-order valence-corrected chi connectivity index (χ4v) is 5.12. The lowest BCUT2D eigenvalue weighted by Crippen LogP contribution is -2.58. The Kier molecular flexibility index (Phi) is 5.33. The molecule has 2 atom stereocenters. The first-order valence-electron chi connectivity index (χ1n) is 10.2. The monoisotopic (exact) mass is 464 g/mol. The molecule has 8 heteroatoms. The molecule has 0 radical (unpaired) electrons. The maximum absolute atomic E-state index is 14.4. The van der Waals surface area contributed by atoms with Gasteiger partial charge in [0.15, 0.2) is 5.60 Å². The SMILES string of the molecule is COc1c(Cl)c(C)cc2c1C(C)(C)CC(O)(C(F)(F)F)C2Nc1cccc2cnccc12. The Morgan fingerprint density at radius 2 is 1.97 bits per heavy atom. The second kappa shape index (κ2) is 7.52. The summed E-state index contributed by atoms with van der Waals surface area (Å²) in [6.07, 6.45) is -2.22. The van der Waals surface area contributed by atoms with Gasteiger partial charge < -0.3 is 15.2 Å². The molecule has 0 amide bonds. The van der Waals surface area contributed by atoms with E-state index in [1.807, 2.05) is 6.07 Å². The molecule has 1 aliphatic carbocycles. The average Bonchev–Trinajstić information content (AvgIpc) is 2.71. The summed E-state index contributed by atoms with van der Waals surface area (Å²) in [7, 11) is 1.45. The molecule has 1 aromatic heterocycles. The molecular formula is C24H24ClF3N2O2. The molecule has 1 aliphatic rings. The number of alkyl halides is 3. The predicted octanol–water partition coefficient (Wildman–Crippen LogP) is 6.33. The van der Waals surface area contributed by atoms with Crippen molar-refractivity contribution in [1.82, 2.24) is 4.98 Å². The number of rotatable bonds is 3. The quantitative estimate of drug-likeness (QED) is 0.475. The largest absolute Gasteiger partial charge is 0.495 e. The van der Waals surface area contributed by atoms with Crippen LogP contribution in [-0.2, 0) is 5.41 Å². The smallest absolute Gasteiger partial charge is 0.419 e. The number of hydrogen-bond donors (Lipinski definition) is 2. The Hall–Kier alpha value is -2.51. The van der Waals surface area contributed by atoms with Crippen LogP contribution >= 0.6 is 11.6 Å². The van der Waals surface area contributed by atoms with Gasteiger partial charge in [-0.3, -0.25) is 4.98 Å². The minimum atomic E-state index is -4.88. The van der Waals surface area contributed by atoms with Crippen molar-refractivity contribution in [3.8, 4) is 5.75 Å². The van der Waals surface area contributed by atoms with E-state index < -0.39 is 29.7 Å². The maximum atomic E-state index is 14.4. The zero-order valence-electron chi connectivity index (χ0n) is 18.1. The van der Waals surface area contributed by atoms with Crippen molar-refractivity contribution >= 4 is 28.1 Å². The van der Waals surface area contributed by atoms with Crippen molar-refractivity contribution in [3.63, 3.8) is 0 Å². The van der Waals surface area contributed by atoms with E-state index in [0.717, 1.165) is 5.39 Å². The zero-order chi connectivity index (χ0) is 23.5. The van der Waals surface area contributed by atoms with E-state index in [-0.39, 0.29) is 0 Å². The van der Waals surface area contributed by atoms with Crippen LogP contribution in [0.3, 0.4) is 0 Å². The molecule has 3 aromatic rings. The van der Waals surface area contributed by atoms with Crippen molar-refractivity contribution in [3.05, 3.63) is 64.4 Å². The lowest BCUT2D eigenvalue weighted by atomic mass is 9.63. The number of anilines is 1. The number of ether oxygens (including phenoxy) is 1. The molecule has 2 aromatic carbocycles. The van der Waals surface area contributed by atoms with Crippen LogP contribution in [0.15, 0.2) is 42.7 Å². The number of nitrogens with zero attached hydrogens (tertiary/aromatic N) is 1. The molecule has 0 saturated carbocycles. The van der Waals surface area contributed by atoms with Crippen LogP contribution in [0.2, 0.25) is 5.02 Å². The first-order valence-corrected chi connectivity index (χ1v) is 10.5. The second-order valence-electron chi connectivity index (χ2n) is 8.97. The van der Waals surface area contributed by atoms with E-state index in [2.05, 4.69) is 10.3 Å². The molecule has 0 bridgehead atoms. The number of benzene rings is 2. The Morgan fingerprint density at radius 1 is 1.25 bits per heavy atom. The Balaban J connectivity index is 2.01. The van der Waals surface area contributed by atoms with E-state index in [1.165, 1.54) is 7.11 Å². The summed E-state index contributed by atoms with van der Waals surface area (Å²) in [6.45, 7) is 5.03. The van der Waals surface area contributed by atoms with Gasteiger partial charge in [-0.15, -0.1) is 0 Å². The highest BCUT2D eigenvalue weighted by Crippen LogP contribution is 2.58. The summed E-state index contributed by atoms with van der Waals surface area (Å²) in [4.78, 5) is 4.08. The summed E-state index contributed by atoms with van der Waals surface area (Å²) in [5, 5.41) is 16.1. The third-order valence-electron chi connectivity index (χ3n) is 6.29. The number of fused-ring (bicyclic) bond motifs is 2.